The van der Waals surface area contributed by atoms with E-state index in [-0.39, 0.29) is 17.7 Å². The van der Waals surface area contributed by atoms with Gasteiger partial charge in [0.2, 0.25) is 15.9 Å². The third-order valence-corrected chi connectivity index (χ3v) is 8.46. The van der Waals surface area contributed by atoms with Crippen LogP contribution in [0.25, 0.3) is 0 Å². The van der Waals surface area contributed by atoms with E-state index in [1.165, 1.54) is 0 Å². The Kier molecular flexibility index (Phi) is 5.95. The van der Waals surface area contributed by atoms with E-state index in [2.05, 4.69) is 10.2 Å². The number of nitrogens with zero attached hydrogens (tertiary/aromatic N) is 2. The number of amides is 1. The molecule has 0 unspecified atom stereocenters. The van der Waals surface area contributed by atoms with Crippen molar-refractivity contribution in [3.63, 3.8) is 0 Å². The van der Waals surface area contributed by atoms with Crippen LogP contribution in [0.3, 0.4) is 0 Å². The fourth-order valence-corrected chi connectivity index (χ4v) is 6.47. The number of likely N-dealkylation sites (tertiary alicyclic amines) is 1. The maximum atomic E-state index is 13.4. The summed E-state index contributed by atoms with van der Waals surface area (Å²) in [6, 6.07) is 18.8. The van der Waals surface area contributed by atoms with Gasteiger partial charge >= 0.3 is 0 Å². The molecule has 2 aromatic carbocycles. The summed E-state index contributed by atoms with van der Waals surface area (Å²) in [5.41, 5.74) is 1.00. The largest absolute Gasteiger partial charge is 0.326 e. The van der Waals surface area contributed by atoms with Gasteiger partial charge in [-0.3, -0.25) is 4.79 Å². The first kappa shape index (κ1) is 21.0. The van der Waals surface area contributed by atoms with Gasteiger partial charge in [-0.1, -0.05) is 48.5 Å². The molecule has 0 saturated carbocycles. The predicted octanol–water partition coefficient (Wildman–Crippen LogP) is 2.94. The minimum absolute atomic E-state index is 0.00242. The monoisotopic (exact) mass is 427 g/mol. The van der Waals surface area contributed by atoms with E-state index in [9.17, 15) is 13.2 Å². The van der Waals surface area contributed by atoms with Crippen LogP contribution < -0.4 is 5.32 Å². The number of nitrogens with one attached hydrogen (secondary N) is 1. The fraction of sp³-hybridized carbons (Fsp3) is 0.435. The molecule has 2 fully saturated rings. The molecule has 0 radical (unpaired) electrons. The minimum Gasteiger partial charge on any atom is -0.326 e. The third kappa shape index (κ3) is 4.15. The average molecular weight is 428 g/mol. The molecule has 2 aromatic rings. The summed E-state index contributed by atoms with van der Waals surface area (Å²) in [4.78, 5) is 15.6. The van der Waals surface area contributed by atoms with Crippen molar-refractivity contribution in [2.24, 2.45) is 5.41 Å². The average Bonchev–Trinajstić information content (AvgIpc) is 2.93. The van der Waals surface area contributed by atoms with Gasteiger partial charge in [0.25, 0.3) is 0 Å². The Hall–Kier alpha value is -2.22. The Morgan fingerprint density at radius 3 is 2.33 bits per heavy atom. The number of carbonyl (C=O) groups is 1. The summed E-state index contributed by atoms with van der Waals surface area (Å²) in [6.07, 6.45) is 1.95. The molecule has 0 spiro atoms. The van der Waals surface area contributed by atoms with E-state index in [0.29, 0.717) is 25.9 Å². The van der Waals surface area contributed by atoms with E-state index in [4.69, 9.17) is 0 Å². The Morgan fingerprint density at radius 2 is 1.63 bits per heavy atom. The Balaban J connectivity index is 1.54. The van der Waals surface area contributed by atoms with E-state index in [1.54, 1.807) is 4.31 Å². The van der Waals surface area contributed by atoms with Crippen molar-refractivity contribution in [2.75, 3.05) is 32.0 Å². The third-order valence-electron chi connectivity index (χ3n) is 6.61. The quantitative estimate of drug-likeness (QED) is 0.797. The van der Waals surface area contributed by atoms with Crippen molar-refractivity contribution >= 4 is 21.6 Å². The molecule has 1 amide bonds. The number of para-hydroxylation sites is 1. The first-order chi connectivity index (χ1) is 14.4. The first-order valence-electron chi connectivity index (χ1n) is 10.5. The van der Waals surface area contributed by atoms with Crippen LogP contribution in [0, 0.1) is 5.41 Å². The van der Waals surface area contributed by atoms with Crippen molar-refractivity contribution in [1.29, 1.82) is 0 Å². The summed E-state index contributed by atoms with van der Waals surface area (Å²) in [7, 11) is -1.40. The number of hydrogen-bond donors (Lipinski definition) is 1. The number of anilines is 1. The Bertz CT molecular complexity index is 981. The Morgan fingerprint density at radius 1 is 1.00 bits per heavy atom. The molecule has 160 valence electrons. The highest BCUT2D eigenvalue weighted by Crippen LogP contribution is 2.44. The number of fused-ring (bicyclic) bond motifs is 1. The SMILES string of the molecule is CN1CC[C@]2(C(=O)Nc3ccccc3)CCN(S(=O)(=O)Cc3ccccc3)CC[C@H]12. The molecule has 0 bridgehead atoms. The maximum Gasteiger partial charge on any atom is 0.232 e. The highest BCUT2D eigenvalue weighted by molar-refractivity contribution is 7.88. The molecule has 4 rings (SSSR count). The van der Waals surface area contributed by atoms with Crippen LogP contribution in [0.5, 0.6) is 0 Å². The lowest BCUT2D eigenvalue weighted by Crippen LogP contribution is -2.46. The van der Waals surface area contributed by atoms with E-state index >= 15 is 0 Å². The summed E-state index contributed by atoms with van der Waals surface area (Å²) in [5, 5.41) is 3.08. The number of hydrogen-bond acceptors (Lipinski definition) is 4. The van der Waals surface area contributed by atoms with Gasteiger partial charge < -0.3 is 10.2 Å². The fourth-order valence-electron chi connectivity index (χ4n) is 4.92. The molecule has 2 aliphatic heterocycles. The second-order valence-corrected chi connectivity index (χ2v) is 10.4. The van der Waals surface area contributed by atoms with Gasteiger partial charge in [-0.05, 0) is 50.6 Å². The zero-order valence-corrected chi connectivity index (χ0v) is 18.1. The van der Waals surface area contributed by atoms with Gasteiger partial charge in [0.05, 0.1) is 11.2 Å². The molecule has 2 heterocycles. The molecule has 7 heteroatoms. The zero-order chi connectivity index (χ0) is 21.2. The number of rotatable bonds is 5. The number of benzene rings is 2. The second-order valence-electron chi connectivity index (χ2n) is 8.40. The van der Waals surface area contributed by atoms with E-state index < -0.39 is 15.4 Å². The van der Waals surface area contributed by atoms with Gasteiger partial charge in [0.15, 0.2) is 0 Å². The zero-order valence-electron chi connectivity index (χ0n) is 17.3. The molecule has 6 nitrogen and oxygen atoms in total. The predicted molar refractivity (Wildman–Crippen MR) is 118 cm³/mol. The van der Waals surface area contributed by atoms with Crippen LogP contribution in [0.15, 0.2) is 60.7 Å². The lowest BCUT2D eigenvalue weighted by molar-refractivity contribution is -0.127. The van der Waals surface area contributed by atoms with E-state index in [0.717, 1.165) is 24.2 Å². The Labute approximate surface area is 178 Å². The molecular weight excluding hydrogens is 398 g/mol. The summed E-state index contributed by atoms with van der Waals surface area (Å²) in [6.45, 7) is 1.68. The van der Waals surface area contributed by atoms with Crippen LogP contribution in [-0.2, 0) is 20.6 Å². The summed E-state index contributed by atoms with van der Waals surface area (Å²) in [5.74, 6) is 0.00254. The molecule has 0 aliphatic carbocycles. The molecule has 2 atom stereocenters. The van der Waals surface area contributed by atoms with Gasteiger partial charge in [0, 0.05) is 24.8 Å². The van der Waals surface area contributed by atoms with Gasteiger partial charge in [-0.25, -0.2) is 12.7 Å². The maximum absolute atomic E-state index is 13.4. The van der Waals surface area contributed by atoms with Crippen LogP contribution in [0.4, 0.5) is 5.69 Å². The lowest BCUT2D eigenvalue weighted by Gasteiger charge is -2.34. The van der Waals surface area contributed by atoms with Crippen LogP contribution in [0.1, 0.15) is 24.8 Å². The van der Waals surface area contributed by atoms with E-state index in [1.807, 2.05) is 67.7 Å². The smallest absolute Gasteiger partial charge is 0.232 e. The molecule has 30 heavy (non-hydrogen) atoms. The van der Waals surface area contributed by atoms with Crippen LogP contribution in [-0.4, -0.2) is 56.3 Å². The highest BCUT2D eigenvalue weighted by atomic mass is 32.2. The van der Waals surface area contributed by atoms with Crippen molar-refractivity contribution < 1.29 is 13.2 Å². The van der Waals surface area contributed by atoms with Crippen molar-refractivity contribution in [2.45, 2.75) is 31.1 Å². The molecule has 2 saturated heterocycles. The highest BCUT2D eigenvalue weighted by Gasteiger charge is 2.53. The molecule has 1 N–H and O–H groups in total. The molecule has 0 aromatic heterocycles. The van der Waals surface area contributed by atoms with Crippen molar-refractivity contribution in [1.82, 2.24) is 9.21 Å². The molecular formula is C23H29N3O3S. The normalized spacial score (nSPS) is 25.4. The van der Waals surface area contributed by atoms with Gasteiger partial charge in [-0.15, -0.1) is 0 Å². The van der Waals surface area contributed by atoms with Crippen LogP contribution in [0.2, 0.25) is 0 Å². The second kappa shape index (κ2) is 8.49. The standard InChI is InChI=1S/C23H29N3O3S/c1-25-16-13-23(22(27)24-20-10-6-3-7-11-20)14-17-26(15-12-21(23)25)30(28,29)18-19-8-4-2-5-9-19/h2-11,21H,12-18H2,1H3,(H,24,27)/t21-,23-/m0/s1. The topological polar surface area (TPSA) is 69.7 Å². The van der Waals surface area contributed by atoms with Gasteiger partial charge in [-0.2, -0.15) is 0 Å². The number of sulfonamides is 1. The summed E-state index contributed by atoms with van der Waals surface area (Å²) >= 11 is 0. The van der Waals surface area contributed by atoms with Crippen molar-refractivity contribution in [3.05, 3.63) is 66.2 Å². The number of carbonyl (C=O) groups excluding carboxylic acids is 1. The summed E-state index contributed by atoms with van der Waals surface area (Å²) < 4.78 is 27.8. The van der Waals surface area contributed by atoms with Gasteiger partial charge in [0.1, 0.15) is 0 Å². The first-order valence-corrected chi connectivity index (χ1v) is 12.1. The lowest BCUT2D eigenvalue weighted by atomic mass is 9.75. The molecule has 2 aliphatic rings. The van der Waals surface area contributed by atoms with Crippen LogP contribution >= 0.6 is 0 Å². The van der Waals surface area contributed by atoms with Crippen molar-refractivity contribution in [3.8, 4) is 0 Å². The minimum atomic E-state index is -3.44.